The Balaban J connectivity index is 1.39. The van der Waals surface area contributed by atoms with Crippen molar-refractivity contribution in [2.45, 2.75) is 12.8 Å². The van der Waals surface area contributed by atoms with Crippen molar-refractivity contribution in [3.05, 3.63) is 96.1 Å². The van der Waals surface area contributed by atoms with E-state index in [0.29, 0.717) is 13.2 Å². The van der Waals surface area contributed by atoms with Crippen molar-refractivity contribution in [3.63, 3.8) is 0 Å². The molecule has 6 rings (SSSR count). The first-order valence-electron chi connectivity index (χ1n) is 10.7. The van der Waals surface area contributed by atoms with Crippen molar-refractivity contribution in [1.82, 2.24) is 0 Å². The van der Waals surface area contributed by atoms with Gasteiger partial charge >= 0.3 is 0 Å². The van der Waals surface area contributed by atoms with Gasteiger partial charge in [-0.2, -0.15) is 0 Å². The maximum absolute atomic E-state index is 6.49. The highest BCUT2D eigenvalue weighted by atomic mass is 16.5. The van der Waals surface area contributed by atoms with Crippen molar-refractivity contribution in [2.24, 2.45) is 0 Å². The zero-order chi connectivity index (χ0) is 20.6. The second-order valence-corrected chi connectivity index (χ2v) is 7.87. The van der Waals surface area contributed by atoms with E-state index >= 15 is 0 Å². The molecule has 0 aliphatic carbocycles. The summed E-state index contributed by atoms with van der Waals surface area (Å²) in [5.74, 6) is 3.62. The van der Waals surface area contributed by atoms with Gasteiger partial charge in [0.2, 0.25) is 0 Å². The van der Waals surface area contributed by atoms with E-state index in [0.717, 1.165) is 69.2 Å². The zero-order valence-corrected chi connectivity index (χ0v) is 17.1. The lowest BCUT2D eigenvalue weighted by atomic mass is 9.99. The standard InChI is InChI=1S/C28H22O3/c1-3-7-19(8-4-1)21-11-13-25(23-15-17-29-27(21)23)31-26-14-12-22(20-9-5-2-6-10-20)28-24(26)16-18-30-28/h1-14H,15-18H2. The average molecular weight is 406 g/mol. The van der Waals surface area contributed by atoms with Crippen LogP contribution in [0.1, 0.15) is 11.1 Å². The molecule has 31 heavy (non-hydrogen) atoms. The van der Waals surface area contributed by atoms with E-state index in [1.807, 2.05) is 12.1 Å². The third-order valence-electron chi connectivity index (χ3n) is 6.02. The van der Waals surface area contributed by atoms with Crippen LogP contribution >= 0.6 is 0 Å². The fraction of sp³-hybridized carbons (Fsp3) is 0.143. The summed E-state index contributed by atoms with van der Waals surface area (Å²) in [6.07, 6.45) is 1.71. The highest BCUT2D eigenvalue weighted by Crippen LogP contribution is 2.46. The van der Waals surface area contributed by atoms with Gasteiger partial charge in [0.15, 0.2) is 0 Å². The molecular formula is C28H22O3. The minimum atomic E-state index is 0.684. The highest BCUT2D eigenvalue weighted by Gasteiger charge is 2.26. The Labute approximate surface area is 181 Å². The van der Waals surface area contributed by atoms with Crippen LogP contribution in [0.3, 0.4) is 0 Å². The molecule has 2 aliphatic rings. The van der Waals surface area contributed by atoms with Gasteiger partial charge in [0.25, 0.3) is 0 Å². The second-order valence-electron chi connectivity index (χ2n) is 7.87. The Hall–Kier alpha value is -3.72. The van der Waals surface area contributed by atoms with Gasteiger partial charge in [-0.1, -0.05) is 60.7 Å². The Bertz CT molecular complexity index is 1150. The Morgan fingerprint density at radius 1 is 0.516 bits per heavy atom. The van der Waals surface area contributed by atoms with E-state index < -0.39 is 0 Å². The lowest BCUT2D eigenvalue weighted by Gasteiger charge is -2.16. The quantitative estimate of drug-likeness (QED) is 0.378. The molecule has 0 unspecified atom stereocenters. The summed E-state index contributed by atoms with van der Waals surface area (Å²) in [5, 5.41) is 0. The van der Waals surface area contributed by atoms with Gasteiger partial charge in [-0.15, -0.1) is 0 Å². The largest absolute Gasteiger partial charge is 0.492 e. The molecule has 4 aromatic carbocycles. The first-order valence-corrected chi connectivity index (χ1v) is 10.7. The fourth-order valence-corrected chi connectivity index (χ4v) is 4.53. The second kappa shape index (κ2) is 7.51. The number of fused-ring (bicyclic) bond motifs is 2. The van der Waals surface area contributed by atoms with Crippen molar-refractivity contribution in [3.8, 4) is 45.3 Å². The molecule has 0 aromatic heterocycles. The van der Waals surface area contributed by atoms with E-state index in [1.54, 1.807) is 0 Å². The first-order chi connectivity index (χ1) is 15.4. The molecular weight excluding hydrogens is 384 g/mol. The number of hydrogen-bond acceptors (Lipinski definition) is 3. The monoisotopic (exact) mass is 406 g/mol. The molecule has 4 aromatic rings. The molecule has 2 aliphatic heterocycles. The molecule has 0 atom stereocenters. The van der Waals surface area contributed by atoms with E-state index in [4.69, 9.17) is 14.2 Å². The topological polar surface area (TPSA) is 27.7 Å². The maximum Gasteiger partial charge on any atom is 0.134 e. The van der Waals surface area contributed by atoms with E-state index in [2.05, 4.69) is 72.8 Å². The number of hydrogen-bond donors (Lipinski definition) is 0. The Morgan fingerprint density at radius 3 is 1.42 bits per heavy atom. The fourth-order valence-electron chi connectivity index (χ4n) is 4.53. The van der Waals surface area contributed by atoms with Crippen molar-refractivity contribution >= 4 is 0 Å². The molecule has 152 valence electrons. The summed E-state index contributed by atoms with van der Waals surface area (Å²) < 4.78 is 18.5. The number of rotatable bonds is 4. The summed E-state index contributed by atoms with van der Waals surface area (Å²) in [6, 6.07) is 29.1. The van der Waals surface area contributed by atoms with Gasteiger partial charge in [0.1, 0.15) is 23.0 Å². The molecule has 0 radical (unpaired) electrons. The third-order valence-corrected chi connectivity index (χ3v) is 6.02. The summed E-state index contributed by atoms with van der Waals surface area (Å²) in [5.41, 5.74) is 6.84. The van der Waals surface area contributed by atoms with Gasteiger partial charge in [-0.25, -0.2) is 0 Å². The van der Waals surface area contributed by atoms with Crippen molar-refractivity contribution in [2.75, 3.05) is 13.2 Å². The smallest absolute Gasteiger partial charge is 0.134 e. The minimum absolute atomic E-state index is 0.684. The first kappa shape index (κ1) is 18.1. The summed E-state index contributed by atoms with van der Waals surface area (Å²) in [6.45, 7) is 1.37. The Kier molecular flexibility index (Phi) is 4.38. The van der Waals surface area contributed by atoms with Crippen LogP contribution in [-0.2, 0) is 12.8 Å². The molecule has 0 saturated heterocycles. The highest BCUT2D eigenvalue weighted by molar-refractivity contribution is 5.77. The molecule has 3 nitrogen and oxygen atoms in total. The maximum atomic E-state index is 6.49. The van der Waals surface area contributed by atoms with Crippen LogP contribution in [0.4, 0.5) is 0 Å². The molecule has 3 heteroatoms. The van der Waals surface area contributed by atoms with E-state index in [1.165, 1.54) is 0 Å². The third kappa shape index (κ3) is 3.14. The van der Waals surface area contributed by atoms with Crippen molar-refractivity contribution in [1.29, 1.82) is 0 Å². The van der Waals surface area contributed by atoms with Crippen LogP contribution in [-0.4, -0.2) is 13.2 Å². The van der Waals surface area contributed by atoms with Crippen LogP contribution in [0.15, 0.2) is 84.9 Å². The van der Waals surface area contributed by atoms with Gasteiger partial charge in [-0.3, -0.25) is 0 Å². The SMILES string of the molecule is c1ccc(-c2ccc(Oc3ccc(-c4ccccc4)c4c3CCO4)c3c2OCC3)cc1. The van der Waals surface area contributed by atoms with Crippen LogP contribution in [0.2, 0.25) is 0 Å². The van der Waals surface area contributed by atoms with Crippen molar-refractivity contribution < 1.29 is 14.2 Å². The van der Waals surface area contributed by atoms with Crippen LogP contribution < -0.4 is 14.2 Å². The van der Waals surface area contributed by atoms with Crippen LogP contribution in [0.5, 0.6) is 23.0 Å². The molecule has 0 amide bonds. The molecule has 0 spiro atoms. The van der Waals surface area contributed by atoms with E-state index in [-0.39, 0.29) is 0 Å². The number of benzene rings is 4. The zero-order valence-electron chi connectivity index (χ0n) is 17.1. The van der Waals surface area contributed by atoms with Gasteiger partial charge in [0, 0.05) is 35.1 Å². The minimum Gasteiger partial charge on any atom is -0.492 e. The molecule has 0 N–H and O–H groups in total. The molecule has 2 heterocycles. The van der Waals surface area contributed by atoms with Gasteiger partial charge in [0.05, 0.1) is 13.2 Å². The predicted molar refractivity (Wildman–Crippen MR) is 122 cm³/mol. The lowest BCUT2D eigenvalue weighted by molar-refractivity contribution is 0.358. The summed E-state index contributed by atoms with van der Waals surface area (Å²) in [4.78, 5) is 0. The van der Waals surface area contributed by atoms with Gasteiger partial charge in [-0.05, 0) is 35.4 Å². The summed E-state index contributed by atoms with van der Waals surface area (Å²) >= 11 is 0. The lowest BCUT2D eigenvalue weighted by Crippen LogP contribution is -1.94. The molecule has 0 bridgehead atoms. The van der Waals surface area contributed by atoms with Crippen LogP contribution in [0.25, 0.3) is 22.3 Å². The average Bonchev–Trinajstić information content (AvgIpc) is 3.51. The predicted octanol–water partition coefficient (Wildman–Crippen LogP) is 6.68. The normalized spacial score (nSPS) is 13.8. The summed E-state index contributed by atoms with van der Waals surface area (Å²) in [7, 11) is 0. The van der Waals surface area contributed by atoms with Gasteiger partial charge < -0.3 is 14.2 Å². The Morgan fingerprint density at radius 2 is 0.968 bits per heavy atom. The molecule has 0 fully saturated rings. The molecule has 0 saturated carbocycles. The number of ether oxygens (including phenoxy) is 3. The van der Waals surface area contributed by atoms with Crippen LogP contribution in [0, 0.1) is 0 Å². The van der Waals surface area contributed by atoms with E-state index in [9.17, 15) is 0 Å².